The molecule has 1 saturated carbocycles. The molecule has 0 bridgehead atoms. The van der Waals surface area contributed by atoms with Crippen molar-refractivity contribution in [1.82, 2.24) is 10.6 Å². The average molecular weight is 224 g/mol. The molecule has 2 nitrogen and oxygen atoms in total. The number of nitrogens with one attached hydrogen (secondary N) is 2. The van der Waals surface area contributed by atoms with Gasteiger partial charge in [-0.2, -0.15) is 0 Å². The molecule has 0 radical (unpaired) electrons. The van der Waals surface area contributed by atoms with Gasteiger partial charge < -0.3 is 10.6 Å². The van der Waals surface area contributed by atoms with Gasteiger partial charge >= 0.3 is 0 Å². The molecule has 0 amide bonds. The van der Waals surface area contributed by atoms with Crippen molar-refractivity contribution in [1.29, 1.82) is 0 Å². The normalized spacial score (nSPS) is 37.5. The van der Waals surface area contributed by atoms with Crippen molar-refractivity contribution in [3.05, 3.63) is 0 Å². The van der Waals surface area contributed by atoms with E-state index in [0.29, 0.717) is 6.04 Å². The summed E-state index contributed by atoms with van der Waals surface area (Å²) < 4.78 is 0. The fraction of sp³-hybridized carbons (Fsp3) is 1.00. The van der Waals surface area contributed by atoms with Crippen LogP contribution in [-0.2, 0) is 0 Å². The van der Waals surface area contributed by atoms with Gasteiger partial charge in [-0.25, -0.2) is 0 Å². The van der Waals surface area contributed by atoms with E-state index in [4.69, 9.17) is 0 Å². The van der Waals surface area contributed by atoms with Crippen LogP contribution in [-0.4, -0.2) is 24.7 Å². The van der Waals surface area contributed by atoms with Crippen molar-refractivity contribution in [3.8, 4) is 0 Å². The van der Waals surface area contributed by atoms with E-state index in [1.165, 1.54) is 51.5 Å². The Morgan fingerprint density at radius 3 is 2.75 bits per heavy atom. The Kier molecular flexibility index (Phi) is 4.66. The minimum absolute atomic E-state index is 0.684. The van der Waals surface area contributed by atoms with Gasteiger partial charge in [-0.1, -0.05) is 19.8 Å². The summed E-state index contributed by atoms with van der Waals surface area (Å²) in [5, 5.41) is 7.49. The molecule has 94 valence electrons. The SMILES string of the molecule is CC(CC1CCCCCN1)NC1CCC1C. The monoisotopic (exact) mass is 224 g/mol. The second-order valence-electron chi connectivity index (χ2n) is 5.96. The lowest BCUT2D eigenvalue weighted by molar-refractivity contribution is 0.205. The van der Waals surface area contributed by atoms with E-state index in [0.717, 1.165) is 18.0 Å². The summed E-state index contributed by atoms with van der Waals surface area (Å²) in [6, 6.07) is 2.25. The minimum atomic E-state index is 0.684. The molecule has 1 saturated heterocycles. The molecular formula is C14H28N2. The first-order valence-corrected chi connectivity index (χ1v) is 7.25. The number of rotatable bonds is 4. The van der Waals surface area contributed by atoms with Crippen LogP contribution in [0.15, 0.2) is 0 Å². The zero-order chi connectivity index (χ0) is 11.4. The summed E-state index contributed by atoms with van der Waals surface area (Å²) in [5.74, 6) is 0.907. The Labute approximate surface area is 101 Å². The molecule has 2 fully saturated rings. The molecule has 2 N–H and O–H groups in total. The summed E-state index contributed by atoms with van der Waals surface area (Å²) in [4.78, 5) is 0. The highest BCUT2D eigenvalue weighted by atomic mass is 15.0. The topological polar surface area (TPSA) is 24.1 Å². The van der Waals surface area contributed by atoms with Gasteiger partial charge in [0.05, 0.1) is 0 Å². The zero-order valence-corrected chi connectivity index (χ0v) is 11.0. The molecule has 0 spiro atoms. The highest BCUT2D eigenvalue weighted by molar-refractivity contribution is 4.87. The van der Waals surface area contributed by atoms with Crippen LogP contribution in [0.25, 0.3) is 0 Å². The second-order valence-corrected chi connectivity index (χ2v) is 5.96. The van der Waals surface area contributed by atoms with E-state index >= 15 is 0 Å². The highest BCUT2D eigenvalue weighted by Crippen LogP contribution is 2.27. The van der Waals surface area contributed by atoms with Gasteiger partial charge in [0.1, 0.15) is 0 Å². The largest absolute Gasteiger partial charge is 0.314 e. The molecule has 1 aliphatic carbocycles. The number of hydrogen-bond donors (Lipinski definition) is 2. The first-order chi connectivity index (χ1) is 7.75. The lowest BCUT2D eigenvalue weighted by Gasteiger charge is -2.37. The lowest BCUT2D eigenvalue weighted by Crippen LogP contribution is -2.48. The van der Waals surface area contributed by atoms with Crippen molar-refractivity contribution in [3.63, 3.8) is 0 Å². The van der Waals surface area contributed by atoms with Crippen LogP contribution in [0.4, 0.5) is 0 Å². The maximum atomic E-state index is 3.79. The smallest absolute Gasteiger partial charge is 0.00952 e. The van der Waals surface area contributed by atoms with Gasteiger partial charge in [-0.05, 0) is 51.5 Å². The average Bonchev–Trinajstić information content (AvgIpc) is 2.52. The molecule has 1 heterocycles. The Morgan fingerprint density at radius 1 is 1.19 bits per heavy atom. The molecule has 0 aromatic rings. The molecule has 2 heteroatoms. The molecule has 16 heavy (non-hydrogen) atoms. The zero-order valence-electron chi connectivity index (χ0n) is 11.0. The van der Waals surface area contributed by atoms with Crippen molar-refractivity contribution in [2.24, 2.45) is 5.92 Å². The quantitative estimate of drug-likeness (QED) is 0.767. The van der Waals surface area contributed by atoms with Crippen molar-refractivity contribution in [2.45, 2.75) is 76.9 Å². The molecule has 0 aromatic carbocycles. The number of hydrogen-bond acceptors (Lipinski definition) is 2. The molecule has 4 unspecified atom stereocenters. The van der Waals surface area contributed by atoms with E-state index < -0.39 is 0 Å². The predicted octanol–water partition coefficient (Wildman–Crippen LogP) is 2.69. The molecule has 4 atom stereocenters. The van der Waals surface area contributed by atoms with Crippen LogP contribution in [0.2, 0.25) is 0 Å². The summed E-state index contributed by atoms with van der Waals surface area (Å²) in [7, 11) is 0. The van der Waals surface area contributed by atoms with Crippen molar-refractivity contribution < 1.29 is 0 Å². The van der Waals surface area contributed by atoms with Crippen LogP contribution < -0.4 is 10.6 Å². The third kappa shape index (κ3) is 3.46. The summed E-state index contributed by atoms with van der Waals surface area (Å²) in [5.41, 5.74) is 0. The van der Waals surface area contributed by atoms with Gasteiger partial charge in [-0.15, -0.1) is 0 Å². The van der Waals surface area contributed by atoms with E-state index in [9.17, 15) is 0 Å². The molecule has 2 aliphatic rings. The minimum Gasteiger partial charge on any atom is -0.314 e. The van der Waals surface area contributed by atoms with Crippen molar-refractivity contribution >= 4 is 0 Å². The van der Waals surface area contributed by atoms with Gasteiger partial charge in [0.15, 0.2) is 0 Å². The standard InChI is InChI=1S/C14H28N2/c1-11-7-8-14(11)16-12(2)10-13-6-4-3-5-9-15-13/h11-16H,3-10H2,1-2H3. The third-order valence-electron chi connectivity index (χ3n) is 4.42. The molecular weight excluding hydrogens is 196 g/mol. The van der Waals surface area contributed by atoms with Crippen LogP contribution in [0.5, 0.6) is 0 Å². The molecule has 1 aliphatic heterocycles. The van der Waals surface area contributed by atoms with E-state index in [1.807, 2.05) is 0 Å². The first-order valence-electron chi connectivity index (χ1n) is 7.25. The van der Waals surface area contributed by atoms with Gasteiger partial charge in [0.2, 0.25) is 0 Å². The van der Waals surface area contributed by atoms with Crippen LogP contribution in [0.3, 0.4) is 0 Å². The second kappa shape index (κ2) is 6.02. The molecule has 2 rings (SSSR count). The first kappa shape index (κ1) is 12.4. The van der Waals surface area contributed by atoms with E-state index in [-0.39, 0.29) is 0 Å². The lowest BCUT2D eigenvalue weighted by atomic mass is 9.80. The van der Waals surface area contributed by atoms with Gasteiger partial charge in [0, 0.05) is 18.1 Å². The van der Waals surface area contributed by atoms with Crippen LogP contribution in [0, 0.1) is 5.92 Å². The predicted molar refractivity (Wildman–Crippen MR) is 69.7 cm³/mol. The maximum Gasteiger partial charge on any atom is 0.00952 e. The fourth-order valence-corrected chi connectivity index (χ4v) is 3.08. The van der Waals surface area contributed by atoms with Crippen LogP contribution >= 0.6 is 0 Å². The Balaban J connectivity index is 1.66. The van der Waals surface area contributed by atoms with Crippen LogP contribution in [0.1, 0.15) is 58.8 Å². The molecule has 0 aromatic heterocycles. The summed E-state index contributed by atoms with van der Waals surface area (Å²) >= 11 is 0. The highest BCUT2D eigenvalue weighted by Gasteiger charge is 2.28. The van der Waals surface area contributed by atoms with E-state index in [1.54, 1.807) is 0 Å². The summed E-state index contributed by atoms with van der Waals surface area (Å²) in [6.45, 7) is 5.96. The fourth-order valence-electron chi connectivity index (χ4n) is 3.08. The van der Waals surface area contributed by atoms with Gasteiger partial charge in [0.25, 0.3) is 0 Å². The maximum absolute atomic E-state index is 3.79. The Bertz CT molecular complexity index is 197. The summed E-state index contributed by atoms with van der Waals surface area (Å²) in [6.07, 6.45) is 9.72. The third-order valence-corrected chi connectivity index (χ3v) is 4.42. The Morgan fingerprint density at radius 2 is 2.06 bits per heavy atom. The van der Waals surface area contributed by atoms with E-state index in [2.05, 4.69) is 24.5 Å². The van der Waals surface area contributed by atoms with Gasteiger partial charge in [-0.3, -0.25) is 0 Å². The Hall–Kier alpha value is -0.0800. The van der Waals surface area contributed by atoms with Crippen molar-refractivity contribution in [2.75, 3.05) is 6.54 Å².